The number of hydrogen-bond acceptors (Lipinski definition) is 3. The number of aromatic nitrogens is 2. The van der Waals surface area contributed by atoms with Crippen molar-refractivity contribution in [2.45, 2.75) is 12.5 Å². The Balaban J connectivity index is 0. The molecule has 76 valence electrons. The fourth-order valence-electron chi connectivity index (χ4n) is 0.721. The largest absolute Gasteiger partial charge is 1.00 e. The highest BCUT2D eigenvalue weighted by molar-refractivity contribution is 5.73. The number of halogens is 1. The van der Waals surface area contributed by atoms with E-state index in [0.717, 1.165) is 5.69 Å². The van der Waals surface area contributed by atoms with Gasteiger partial charge in [-0.2, -0.15) is 0 Å². The van der Waals surface area contributed by atoms with Crippen molar-refractivity contribution in [3.63, 3.8) is 0 Å². The van der Waals surface area contributed by atoms with Crippen LogP contribution in [0.2, 0.25) is 0 Å². The van der Waals surface area contributed by atoms with Crippen LogP contribution in [0, 0.1) is 0 Å². The summed E-state index contributed by atoms with van der Waals surface area (Å²) in [5, 5.41) is 8.42. The van der Waals surface area contributed by atoms with Gasteiger partial charge < -0.3 is 33.7 Å². The van der Waals surface area contributed by atoms with Crippen molar-refractivity contribution in [3.8, 4) is 0 Å². The van der Waals surface area contributed by atoms with Crippen LogP contribution in [0.5, 0.6) is 0 Å². The number of hydrogen-bond donors (Lipinski definition) is 3. The summed E-state index contributed by atoms with van der Waals surface area (Å²) in [5.41, 5.74) is 6.00. The highest BCUT2D eigenvalue weighted by Gasteiger charge is 2.11. The Bertz CT molecular complexity index is 239. The van der Waals surface area contributed by atoms with Gasteiger partial charge in [0.2, 0.25) is 0 Å². The minimum absolute atomic E-state index is 0. The van der Waals surface area contributed by atoms with E-state index in [4.69, 9.17) is 10.8 Å². The second kappa shape index (κ2) is 6.41. The molecular weight excluding hydrogens is 198 g/mol. The van der Waals surface area contributed by atoms with Gasteiger partial charge in [0, 0.05) is 18.3 Å². The predicted molar refractivity (Wildman–Crippen MR) is 41.5 cm³/mol. The normalized spacial score (nSPS) is 10.8. The van der Waals surface area contributed by atoms with E-state index in [2.05, 4.69) is 9.97 Å². The Kier molecular flexibility index (Phi) is 7.11. The van der Waals surface area contributed by atoms with Gasteiger partial charge >= 0.3 is 5.97 Å². The van der Waals surface area contributed by atoms with E-state index < -0.39 is 12.0 Å². The molecule has 6 nitrogen and oxygen atoms in total. The van der Waals surface area contributed by atoms with Gasteiger partial charge in [-0.25, -0.2) is 4.98 Å². The van der Waals surface area contributed by atoms with Crippen LogP contribution in [0.25, 0.3) is 0 Å². The second-order valence-electron chi connectivity index (χ2n) is 2.23. The predicted octanol–water partition coefficient (Wildman–Crippen LogP) is -4.46. The molecule has 0 aliphatic heterocycles. The third-order valence-electron chi connectivity index (χ3n) is 1.31. The molecule has 0 aromatic carbocycles. The molecule has 1 unspecified atom stereocenters. The summed E-state index contributed by atoms with van der Waals surface area (Å²) in [6.07, 6.45) is 3.34. The quantitative estimate of drug-likeness (QED) is 0.464. The highest BCUT2D eigenvalue weighted by atomic mass is 35.5. The number of rotatable bonds is 3. The molecule has 0 aliphatic carbocycles. The average Bonchev–Trinajstić information content (AvgIpc) is 2.39. The van der Waals surface area contributed by atoms with E-state index in [-0.39, 0.29) is 24.3 Å². The van der Waals surface area contributed by atoms with E-state index in [9.17, 15) is 4.79 Å². The van der Waals surface area contributed by atoms with Crippen LogP contribution in [0.15, 0.2) is 12.5 Å². The number of aliphatic carboxylic acids is 1. The van der Waals surface area contributed by atoms with Crippen molar-refractivity contribution >= 4 is 5.97 Å². The molecule has 0 fully saturated rings. The lowest BCUT2D eigenvalue weighted by Gasteiger charge is -2.02. The standard InChI is InChI=1S/C6H9N3O2.ClH.H2O/c7-5(6(10)11)1-4-2-8-3-9-4;;/h2-3,5H,1,7H2,(H,8,9)(H,10,11);1H;1H2/p-1. The molecule has 0 amide bonds. The number of imidazole rings is 1. The lowest BCUT2D eigenvalue weighted by Crippen LogP contribution is -3.00. The summed E-state index contributed by atoms with van der Waals surface area (Å²) < 4.78 is 0. The van der Waals surface area contributed by atoms with Gasteiger partial charge in [-0.05, 0) is 0 Å². The Labute approximate surface area is 80.9 Å². The maximum Gasteiger partial charge on any atom is 0.320 e. The minimum atomic E-state index is -1.00. The summed E-state index contributed by atoms with van der Waals surface area (Å²) in [5.74, 6) is -1.00. The van der Waals surface area contributed by atoms with Gasteiger partial charge in [-0.1, -0.05) is 0 Å². The lowest BCUT2D eigenvalue weighted by molar-refractivity contribution is -0.138. The van der Waals surface area contributed by atoms with Crippen LogP contribution < -0.4 is 18.1 Å². The number of nitrogens with zero attached hydrogens (tertiary/aromatic N) is 1. The van der Waals surface area contributed by atoms with Crippen molar-refractivity contribution in [1.82, 2.24) is 9.97 Å². The maximum atomic E-state index is 10.3. The van der Waals surface area contributed by atoms with Gasteiger partial charge in [-0.3, -0.25) is 4.79 Å². The summed E-state index contributed by atoms with van der Waals surface area (Å²) in [7, 11) is 0. The molecule has 7 heteroatoms. The fourth-order valence-corrected chi connectivity index (χ4v) is 0.721. The number of carboxylic acid groups (broad SMARTS) is 1. The molecular formula is C6H11ClN3O3-. The van der Waals surface area contributed by atoms with Crippen molar-refractivity contribution < 1.29 is 27.8 Å². The third kappa shape index (κ3) is 4.46. The molecule has 0 radical (unpaired) electrons. The summed E-state index contributed by atoms with van der Waals surface area (Å²) in [6.45, 7) is 0. The molecule has 0 bridgehead atoms. The molecule has 1 rings (SSSR count). The van der Waals surface area contributed by atoms with E-state index in [0.29, 0.717) is 0 Å². The molecule has 1 aromatic rings. The monoisotopic (exact) mass is 208 g/mol. The number of carbonyl (C=O) groups is 1. The first kappa shape index (κ1) is 14.4. The number of carboxylic acids is 1. The Morgan fingerprint density at radius 3 is 2.77 bits per heavy atom. The molecule has 13 heavy (non-hydrogen) atoms. The van der Waals surface area contributed by atoms with Crippen molar-refractivity contribution in [2.24, 2.45) is 5.73 Å². The van der Waals surface area contributed by atoms with E-state index >= 15 is 0 Å². The van der Waals surface area contributed by atoms with Crippen LogP contribution in [0.3, 0.4) is 0 Å². The molecule has 0 spiro atoms. The van der Waals surface area contributed by atoms with Crippen molar-refractivity contribution in [2.75, 3.05) is 0 Å². The fraction of sp³-hybridized carbons (Fsp3) is 0.333. The van der Waals surface area contributed by atoms with Crippen LogP contribution in [0.1, 0.15) is 5.69 Å². The maximum absolute atomic E-state index is 10.3. The zero-order valence-corrected chi connectivity index (χ0v) is 7.45. The molecule has 1 aromatic heterocycles. The highest BCUT2D eigenvalue weighted by Crippen LogP contribution is 1.95. The SMILES string of the molecule is NC(Cc1cnc[nH]1)C(=O)O.O.[Cl-]. The van der Waals surface area contributed by atoms with Crippen LogP contribution >= 0.6 is 0 Å². The molecule has 0 aliphatic rings. The first-order valence-electron chi connectivity index (χ1n) is 3.16. The Hall–Kier alpha value is -1.11. The Morgan fingerprint density at radius 2 is 2.38 bits per heavy atom. The van der Waals surface area contributed by atoms with Crippen molar-refractivity contribution in [1.29, 1.82) is 0 Å². The molecule has 1 atom stereocenters. The topological polar surface area (TPSA) is 124 Å². The van der Waals surface area contributed by atoms with Gasteiger partial charge in [0.05, 0.1) is 6.33 Å². The second-order valence-corrected chi connectivity index (χ2v) is 2.23. The zero-order valence-electron chi connectivity index (χ0n) is 6.70. The van der Waals surface area contributed by atoms with E-state index in [1.54, 1.807) is 6.20 Å². The summed E-state index contributed by atoms with van der Waals surface area (Å²) in [6, 6.07) is -0.851. The number of nitrogens with one attached hydrogen (secondary N) is 1. The van der Waals surface area contributed by atoms with Crippen LogP contribution in [-0.4, -0.2) is 32.6 Å². The average molecular weight is 209 g/mol. The first-order chi connectivity index (χ1) is 5.20. The molecule has 1 heterocycles. The first-order valence-corrected chi connectivity index (χ1v) is 3.16. The third-order valence-corrected chi connectivity index (χ3v) is 1.31. The molecule has 0 saturated carbocycles. The minimum Gasteiger partial charge on any atom is -1.00 e. The van der Waals surface area contributed by atoms with Crippen LogP contribution in [-0.2, 0) is 11.2 Å². The van der Waals surface area contributed by atoms with E-state index in [1.807, 2.05) is 0 Å². The van der Waals surface area contributed by atoms with Gasteiger partial charge in [0.1, 0.15) is 6.04 Å². The van der Waals surface area contributed by atoms with E-state index in [1.165, 1.54) is 6.33 Å². The van der Waals surface area contributed by atoms with Gasteiger partial charge in [0.25, 0.3) is 0 Å². The zero-order chi connectivity index (χ0) is 8.27. The molecule has 6 N–H and O–H groups in total. The number of aromatic amines is 1. The Morgan fingerprint density at radius 1 is 1.77 bits per heavy atom. The summed E-state index contributed by atoms with van der Waals surface area (Å²) in [4.78, 5) is 16.8. The number of H-pyrrole nitrogens is 1. The van der Waals surface area contributed by atoms with Crippen molar-refractivity contribution in [3.05, 3.63) is 18.2 Å². The molecule has 0 saturated heterocycles. The smallest absolute Gasteiger partial charge is 0.320 e. The van der Waals surface area contributed by atoms with Crippen LogP contribution in [0.4, 0.5) is 0 Å². The van der Waals surface area contributed by atoms with Gasteiger partial charge in [-0.15, -0.1) is 0 Å². The van der Waals surface area contributed by atoms with Gasteiger partial charge in [0.15, 0.2) is 0 Å². The number of nitrogens with two attached hydrogens (primary N) is 1. The lowest BCUT2D eigenvalue weighted by atomic mass is 10.2. The summed E-state index contributed by atoms with van der Waals surface area (Å²) >= 11 is 0.